The Kier molecular flexibility index (Phi) is 11.4. The molecule has 1 saturated heterocycles. The predicted octanol–water partition coefficient (Wildman–Crippen LogP) is 10.5. The van der Waals surface area contributed by atoms with Gasteiger partial charge in [-0.2, -0.15) is 4.39 Å². The Morgan fingerprint density at radius 2 is 1.41 bits per heavy atom. The zero-order chi connectivity index (χ0) is 29.2. The monoisotopic (exact) mass is 568 g/mol. The van der Waals surface area contributed by atoms with E-state index in [4.69, 9.17) is 9.47 Å². The normalized spacial score (nSPS) is 17.0. The fraction of sp³-hybridized carbons (Fsp3) is 0.429. The molecule has 0 spiro atoms. The van der Waals surface area contributed by atoms with Gasteiger partial charge in [-0.1, -0.05) is 81.5 Å². The number of hydrogen-bond donors (Lipinski definition) is 0. The van der Waals surface area contributed by atoms with Crippen LogP contribution < -0.4 is 4.74 Å². The smallest absolute Gasteiger partial charge is 0.201 e. The summed E-state index contributed by atoms with van der Waals surface area (Å²) in [5, 5.41) is 0. The zero-order valence-corrected chi connectivity index (χ0v) is 23.9. The molecule has 0 radical (unpaired) electrons. The van der Waals surface area contributed by atoms with Crippen LogP contribution in [-0.4, -0.2) is 19.3 Å². The first-order valence-corrected chi connectivity index (χ1v) is 14.9. The third kappa shape index (κ3) is 7.79. The van der Waals surface area contributed by atoms with Crippen LogP contribution >= 0.6 is 0 Å². The van der Waals surface area contributed by atoms with Crippen molar-refractivity contribution >= 4 is 0 Å². The molecule has 41 heavy (non-hydrogen) atoms. The summed E-state index contributed by atoms with van der Waals surface area (Å²) < 4.78 is 71.4. The van der Waals surface area contributed by atoms with Gasteiger partial charge in [0.1, 0.15) is 0 Å². The molecule has 220 valence electrons. The molecule has 0 N–H and O–H groups in total. The van der Waals surface area contributed by atoms with Crippen molar-refractivity contribution in [3.8, 4) is 28.0 Å². The summed E-state index contributed by atoms with van der Waals surface area (Å²) in [6.07, 6.45) is 11.7. The second-order valence-corrected chi connectivity index (χ2v) is 10.9. The average Bonchev–Trinajstić information content (AvgIpc) is 2.99. The van der Waals surface area contributed by atoms with E-state index in [1.807, 2.05) is 6.08 Å². The largest absolute Gasteiger partial charge is 0.490 e. The number of halogens is 4. The number of allylic oxidation sites excluding steroid dienone is 1. The Morgan fingerprint density at radius 1 is 0.780 bits per heavy atom. The van der Waals surface area contributed by atoms with Gasteiger partial charge in [-0.05, 0) is 60.9 Å². The van der Waals surface area contributed by atoms with Gasteiger partial charge in [0.15, 0.2) is 23.2 Å². The van der Waals surface area contributed by atoms with Crippen molar-refractivity contribution in [3.05, 3.63) is 90.0 Å². The summed E-state index contributed by atoms with van der Waals surface area (Å²) in [6, 6.07) is 12.4. The van der Waals surface area contributed by atoms with Crippen LogP contribution in [0.1, 0.15) is 82.6 Å². The lowest BCUT2D eigenvalue weighted by Crippen LogP contribution is -2.25. The molecular weight excluding hydrogens is 528 g/mol. The van der Waals surface area contributed by atoms with E-state index in [0.29, 0.717) is 29.9 Å². The highest BCUT2D eigenvalue weighted by molar-refractivity contribution is 5.72. The topological polar surface area (TPSA) is 18.5 Å². The van der Waals surface area contributed by atoms with E-state index in [0.717, 1.165) is 44.9 Å². The molecule has 0 saturated carbocycles. The standard InChI is InChI=1S/C35H40F4O2/c1-3-5-7-8-9-10-22-40-31-21-20-29(34(38)35(31)39)25-14-12-24(13-15-25)28-18-19-30(33(37)32(28)36)26-16-17-27(41-23-26)11-6-4-2/h4,12-15,18-21,26-27H,2-3,5-11,16-17,22-23H2,1H3. The third-order valence-corrected chi connectivity index (χ3v) is 7.92. The summed E-state index contributed by atoms with van der Waals surface area (Å²) in [4.78, 5) is 0. The van der Waals surface area contributed by atoms with Gasteiger partial charge in [0.25, 0.3) is 0 Å². The van der Waals surface area contributed by atoms with Crippen LogP contribution in [0.2, 0.25) is 0 Å². The molecule has 1 fully saturated rings. The lowest BCUT2D eigenvalue weighted by Gasteiger charge is -2.29. The number of rotatable bonds is 14. The fourth-order valence-corrected chi connectivity index (χ4v) is 5.45. The Morgan fingerprint density at radius 3 is 2.05 bits per heavy atom. The van der Waals surface area contributed by atoms with E-state index < -0.39 is 23.3 Å². The molecule has 1 aliphatic heterocycles. The second kappa shape index (κ2) is 15.2. The zero-order valence-electron chi connectivity index (χ0n) is 23.9. The van der Waals surface area contributed by atoms with Gasteiger partial charge in [0, 0.05) is 17.0 Å². The lowest BCUT2D eigenvalue weighted by molar-refractivity contribution is -0.000881. The molecule has 2 unspecified atom stereocenters. The third-order valence-electron chi connectivity index (χ3n) is 7.92. The van der Waals surface area contributed by atoms with Crippen molar-refractivity contribution in [1.29, 1.82) is 0 Å². The SMILES string of the molecule is C=CCCC1CCC(c2ccc(-c3ccc(-c4ccc(OCCCCCCCC)c(F)c4F)cc3)c(F)c2F)CO1. The highest BCUT2D eigenvalue weighted by Gasteiger charge is 2.27. The van der Waals surface area contributed by atoms with Crippen LogP contribution in [-0.2, 0) is 4.74 Å². The van der Waals surface area contributed by atoms with E-state index in [1.54, 1.807) is 36.4 Å². The molecule has 0 amide bonds. The molecule has 2 atom stereocenters. The van der Waals surface area contributed by atoms with Crippen molar-refractivity contribution in [3.63, 3.8) is 0 Å². The van der Waals surface area contributed by atoms with Crippen molar-refractivity contribution < 1.29 is 27.0 Å². The maximum absolute atomic E-state index is 15.2. The maximum Gasteiger partial charge on any atom is 0.201 e. The first kappa shape index (κ1) is 30.8. The molecule has 0 aromatic heterocycles. The summed E-state index contributed by atoms with van der Waals surface area (Å²) in [5.74, 6) is -4.12. The van der Waals surface area contributed by atoms with E-state index in [9.17, 15) is 8.78 Å². The van der Waals surface area contributed by atoms with Crippen molar-refractivity contribution in [2.75, 3.05) is 13.2 Å². The number of unbranched alkanes of at least 4 members (excludes halogenated alkanes) is 5. The minimum atomic E-state index is -1.03. The number of hydrogen-bond acceptors (Lipinski definition) is 2. The first-order valence-electron chi connectivity index (χ1n) is 14.9. The molecule has 3 aromatic carbocycles. The molecule has 4 rings (SSSR count). The second-order valence-electron chi connectivity index (χ2n) is 10.9. The maximum atomic E-state index is 15.2. The van der Waals surface area contributed by atoms with Gasteiger partial charge in [-0.15, -0.1) is 6.58 Å². The van der Waals surface area contributed by atoms with Crippen LogP contribution in [0.3, 0.4) is 0 Å². The fourth-order valence-electron chi connectivity index (χ4n) is 5.45. The molecule has 1 heterocycles. The van der Waals surface area contributed by atoms with Crippen LogP contribution in [0.15, 0.2) is 61.2 Å². The van der Waals surface area contributed by atoms with Gasteiger partial charge >= 0.3 is 0 Å². The molecule has 1 aliphatic rings. The van der Waals surface area contributed by atoms with Crippen molar-refractivity contribution in [2.24, 2.45) is 0 Å². The summed E-state index contributed by atoms with van der Waals surface area (Å²) in [7, 11) is 0. The summed E-state index contributed by atoms with van der Waals surface area (Å²) >= 11 is 0. The average molecular weight is 569 g/mol. The van der Waals surface area contributed by atoms with E-state index in [2.05, 4.69) is 13.5 Å². The predicted molar refractivity (Wildman–Crippen MR) is 157 cm³/mol. The Hall–Kier alpha value is -3.12. The number of benzene rings is 3. The van der Waals surface area contributed by atoms with Gasteiger partial charge < -0.3 is 9.47 Å². The van der Waals surface area contributed by atoms with Crippen LogP contribution in [0, 0.1) is 23.3 Å². The van der Waals surface area contributed by atoms with Gasteiger partial charge in [-0.3, -0.25) is 0 Å². The van der Waals surface area contributed by atoms with Gasteiger partial charge in [-0.25, -0.2) is 13.2 Å². The highest BCUT2D eigenvalue weighted by atomic mass is 19.2. The minimum absolute atomic E-state index is 0.0756. The van der Waals surface area contributed by atoms with Crippen molar-refractivity contribution in [2.45, 2.75) is 83.2 Å². The Balaban J connectivity index is 1.40. The highest BCUT2D eigenvalue weighted by Crippen LogP contribution is 2.36. The Bertz CT molecular complexity index is 1280. The molecule has 3 aromatic rings. The molecule has 2 nitrogen and oxygen atoms in total. The van der Waals surface area contributed by atoms with Gasteiger partial charge in [0.05, 0.1) is 19.3 Å². The lowest BCUT2D eigenvalue weighted by atomic mass is 9.88. The molecule has 6 heteroatoms. The molecule has 0 aliphatic carbocycles. The summed E-state index contributed by atoms with van der Waals surface area (Å²) in [5.41, 5.74) is 1.38. The van der Waals surface area contributed by atoms with Crippen molar-refractivity contribution in [1.82, 2.24) is 0 Å². The quantitative estimate of drug-likeness (QED) is 0.109. The number of ether oxygens (including phenoxy) is 2. The van der Waals surface area contributed by atoms with E-state index >= 15 is 8.78 Å². The molecular formula is C35H40F4O2. The van der Waals surface area contributed by atoms with Crippen LogP contribution in [0.5, 0.6) is 5.75 Å². The first-order chi connectivity index (χ1) is 19.9. The minimum Gasteiger partial charge on any atom is -0.490 e. The van der Waals surface area contributed by atoms with E-state index in [-0.39, 0.29) is 28.9 Å². The molecule has 0 bridgehead atoms. The van der Waals surface area contributed by atoms with E-state index in [1.165, 1.54) is 31.4 Å². The summed E-state index contributed by atoms with van der Waals surface area (Å²) in [6.45, 7) is 6.58. The van der Waals surface area contributed by atoms with Gasteiger partial charge in [0.2, 0.25) is 5.82 Å². The van der Waals surface area contributed by atoms with Crippen LogP contribution in [0.4, 0.5) is 17.6 Å². The Labute approximate surface area is 241 Å². The van der Waals surface area contributed by atoms with Crippen LogP contribution in [0.25, 0.3) is 22.3 Å².